The van der Waals surface area contributed by atoms with Gasteiger partial charge < -0.3 is 4.74 Å². The minimum Gasteiger partial charge on any atom is -0.463 e. The Labute approximate surface area is 101 Å². The predicted octanol–water partition coefficient (Wildman–Crippen LogP) is 4.32. The first-order chi connectivity index (χ1) is 7.41. The number of hydrogen-bond donors (Lipinski definition) is 0. The standard InChI is InChI=1S/C14H28O2/c1-6-8-9-10-14(4,5)11-13(15)16-12(3)7-2/h12H,6-11H2,1-5H3/t12-/m1/s1. The lowest BCUT2D eigenvalue weighted by molar-refractivity contribution is -0.150. The highest BCUT2D eigenvalue weighted by Gasteiger charge is 2.23. The van der Waals surface area contributed by atoms with Crippen LogP contribution in [0.5, 0.6) is 0 Å². The van der Waals surface area contributed by atoms with E-state index in [-0.39, 0.29) is 17.5 Å². The molecule has 0 fully saturated rings. The van der Waals surface area contributed by atoms with Crippen LogP contribution in [0.2, 0.25) is 0 Å². The number of rotatable bonds is 8. The Kier molecular flexibility index (Phi) is 7.44. The van der Waals surface area contributed by atoms with Crippen LogP contribution < -0.4 is 0 Å². The molecule has 0 rings (SSSR count). The summed E-state index contributed by atoms with van der Waals surface area (Å²) >= 11 is 0. The molecule has 2 heteroatoms. The number of carbonyl (C=O) groups is 1. The molecule has 0 amide bonds. The topological polar surface area (TPSA) is 26.3 Å². The summed E-state index contributed by atoms with van der Waals surface area (Å²) in [6, 6.07) is 0. The molecule has 0 unspecified atom stereocenters. The van der Waals surface area contributed by atoms with Gasteiger partial charge in [0.2, 0.25) is 0 Å². The second-order valence-corrected chi connectivity index (χ2v) is 5.51. The van der Waals surface area contributed by atoms with Crippen LogP contribution in [-0.2, 0) is 9.53 Å². The Morgan fingerprint density at radius 1 is 1.25 bits per heavy atom. The lowest BCUT2D eigenvalue weighted by Gasteiger charge is -2.24. The normalized spacial score (nSPS) is 13.6. The number of hydrogen-bond acceptors (Lipinski definition) is 2. The Morgan fingerprint density at radius 3 is 2.38 bits per heavy atom. The Morgan fingerprint density at radius 2 is 1.88 bits per heavy atom. The van der Waals surface area contributed by atoms with Crippen LogP contribution >= 0.6 is 0 Å². The van der Waals surface area contributed by atoms with Crippen LogP contribution in [-0.4, -0.2) is 12.1 Å². The van der Waals surface area contributed by atoms with Gasteiger partial charge in [-0.25, -0.2) is 0 Å². The maximum absolute atomic E-state index is 11.6. The van der Waals surface area contributed by atoms with E-state index in [2.05, 4.69) is 20.8 Å². The predicted molar refractivity (Wildman–Crippen MR) is 68.4 cm³/mol. The van der Waals surface area contributed by atoms with Crippen molar-refractivity contribution in [2.75, 3.05) is 0 Å². The van der Waals surface area contributed by atoms with Crippen molar-refractivity contribution in [3.63, 3.8) is 0 Å². The van der Waals surface area contributed by atoms with Gasteiger partial charge in [0.15, 0.2) is 0 Å². The maximum atomic E-state index is 11.6. The van der Waals surface area contributed by atoms with Crippen molar-refractivity contribution >= 4 is 5.97 Å². The monoisotopic (exact) mass is 228 g/mol. The van der Waals surface area contributed by atoms with Gasteiger partial charge in [0, 0.05) is 0 Å². The van der Waals surface area contributed by atoms with E-state index in [1.54, 1.807) is 0 Å². The molecule has 0 bridgehead atoms. The Balaban J connectivity index is 3.90. The molecule has 0 radical (unpaired) electrons. The summed E-state index contributed by atoms with van der Waals surface area (Å²) in [5.74, 6) is -0.0455. The van der Waals surface area contributed by atoms with Crippen molar-refractivity contribution in [3.05, 3.63) is 0 Å². The average Bonchev–Trinajstić information content (AvgIpc) is 2.16. The molecular formula is C14H28O2. The fourth-order valence-corrected chi connectivity index (χ4v) is 1.68. The fourth-order valence-electron chi connectivity index (χ4n) is 1.68. The average molecular weight is 228 g/mol. The van der Waals surface area contributed by atoms with Gasteiger partial charge in [0.05, 0.1) is 12.5 Å². The Bertz CT molecular complexity index is 197. The highest BCUT2D eigenvalue weighted by atomic mass is 16.5. The van der Waals surface area contributed by atoms with E-state index in [9.17, 15) is 4.79 Å². The van der Waals surface area contributed by atoms with E-state index in [0.717, 1.165) is 12.8 Å². The van der Waals surface area contributed by atoms with Crippen LogP contribution in [0, 0.1) is 5.41 Å². The zero-order valence-corrected chi connectivity index (χ0v) is 11.6. The highest BCUT2D eigenvalue weighted by molar-refractivity contribution is 5.70. The number of unbranched alkanes of at least 4 members (excludes halogenated alkanes) is 2. The van der Waals surface area contributed by atoms with Crippen molar-refractivity contribution in [2.24, 2.45) is 5.41 Å². The first-order valence-electron chi connectivity index (χ1n) is 6.60. The SMILES string of the molecule is CCCCCC(C)(C)CC(=O)O[C@H](C)CC. The third kappa shape index (κ3) is 7.72. The van der Waals surface area contributed by atoms with Gasteiger partial charge in [0.1, 0.15) is 0 Å². The van der Waals surface area contributed by atoms with Gasteiger partial charge in [-0.05, 0) is 25.2 Å². The minimum atomic E-state index is -0.0455. The zero-order chi connectivity index (χ0) is 12.6. The van der Waals surface area contributed by atoms with E-state index in [1.807, 2.05) is 13.8 Å². The van der Waals surface area contributed by atoms with E-state index in [0.29, 0.717) is 6.42 Å². The molecule has 0 spiro atoms. The smallest absolute Gasteiger partial charge is 0.306 e. The first-order valence-corrected chi connectivity index (χ1v) is 6.60. The molecule has 0 aliphatic carbocycles. The van der Waals surface area contributed by atoms with Crippen molar-refractivity contribution in [1.82, 2.24) is 0 Å². The largest absolute Gasteiger partial charge is 0.463 e. The molecule has 0 N–H and O–H groups in total. The lowest BCUT2D eigenvalue weighted by atomic mass is 9.84. The summed E-state index contributed by atoms with van der Waals surface area (Å²) in [5, 5.41) is 0. The van der Waals surface area contributed by atoms with Gasteiger partial charge >= 0.3 is 5.97 Å². The van der Waals surface area contributed by atoms with E-state index < -0.39 is 0 Å². The fraction of sp³-hybridized carbons (Fsp3) is 0.929. The van der Waals surface area contributed by atoms with Crippen LogP contribution in [0.3, 0.4) is 0 Å². The minimum absolute atomic E-state index is 0.0455. The molecule has 0 aromatic rings. The van der Waals surface area contributed by atoms with Gasteiger partial charge in [-0.15, -0.1) is 0 Å². The number of ether oxygens (including phenoxy) is 1. The second kappa shape index (κ2) is 7.70. The molecule has 0 aromatic carbocycles. The summed E-state index contributed by atoms with van der Waals surface area (Å²) < 4.78 is 5.30. The summed E-state index contributed by atoms with van der Waals surface area (Å²) in [6.07, 6.45) is 6.29. The van der Waals surface area contributed by atoms with Crippen molar-refractivity contribution in [1.29, 1.82) is 0 Å². The van der Waals surface area contributed by atoms with E-state index in [4.69, 9.17) is 4.74 Å². The maximum Gasteiger partial charge on any atom is 0.306 e. The van der Waals surface area contributed by atoms with Gasteiger partial charge in [-0.2, -0.15) is 0 Å². The summed E-state index contributed by atoms with van der Waals surface area (Å²) in [7, 11) is 0. The number of carbonyl (C=O) groups excluding carboxylic acids is 1. The quantitative estimate of drug-likeness (QED) is 0.456. The molecule has 16 heavy (non-hydrogen) atoms. The van der Waals surface area contributed by atoms with Crippen molar-refractivity contribution < 1.29 is 9.53 Å². The van der Waals surface area contributed by atoms with Gasteiger partial charge in [-0.1, -0.05) is 47.0 Å². The molecular weight excluding hydrogens is 200 g/mol. The second-order valence-electron chi connectivity index (χ2n) is 5.51. The van der Waals surface area contributed by atoms with Crippen molar-refractivity contribution in [2.45, 2.75) is 79.2 Å². The molecule has 2 nitrogen and oxygen atoms in total. The van der Waals surface area contributed by atoms with Crippen LogP contribution in [0.4, 0.5) is 0 Å². The van der Waals surface area contributed by atoms with E-state index in [1.165, 1.54) is 19.3 Å². The lowest BCUT2D eigenvalue weighted by Crippen LogP contribution is -2.22. The summed E-state index contributed by atoms with van der Waals surface area (Å²) in [5.41, 5.74) is 0.0831. The zero-order valence-electron chi connectivity index (χ0n) is 11.6. The molecule has 0 aromatic heterocycles. The summed E-state index contributed by atoms with van der Waals surface area (Å²) in [6.45, 7) is 10.5. The van der Waals surface area contributed by atoms with E-state index >= 15 is 0 Å². The summed E-state index contributed by atoms with van der Waals surface area (Å²) in [4.78, 5) is 11.6. The van der Waals surface area contributed by atoms with Crippen LogP contribution in [0.1, 0.15) is 73.1 Å². The van der Waals surface area contributed by atoms with Crippen LogP contribution in [0.15, 0.2) is 0 Å². The molecule has 0 aliphatic heterocycles. The molecule has 1 atom stereocenters. The molecule has 0 aliphatic rings. The molecule has 0 heterocycles. The molecule has 0 saturated carbocycles. The Hall–Kier alpha value is -0.530. The van der Waals surface area contributed by atoms with Crippen LogP contribution in [0.25, 0.3) is 0 Å². The molecule has 0 saturated heterocycles. The van der Waals surface area contributed by atoms with Crippen molar-refractivity contribution in [3.8, 4) is 0 Å². The molecule has 96 valence electrons. The highest BCUT2D eigenvalue weighted by Crippen LogP contribution is 2.28. The third-order valence-electron chi connectivity index (χ3n) is 2.99. The number of esters is 1. The first kappa shape index (κ1) is 15.5. The van der Waals surface area contributed by atoms with Gasteiger partial charge in [-0.3, -0.25) is 4.79 Å². The van der Waals surface area contributed by atoms with Gasteiger partial charge in [0.25, 0.3) is 0 Å². The third-order valence-corrected chi connectivity index (χ3v) is 2.99.